The minimum atomic E-state index is -0.425. The van der Waals surface area contributed by atoms with Crippen LogP contribution in [0.1, 0.15) is 12.0 Å². The van der Waals surface area contributed by atoms with Crippen molar-refractivity contribution in [1.82, 2.24) is 5.32 Å². The molecule has 1 rings (SSSR count). The number of benzene rings is 1. The van der Waals surface area contributed by atoms with E-state index >= 15 is 0 Å². The second-order valence-corrected chi connectivity index (χ2v) is 3.69. The van der Waals surface area contributed by atoms with Gasteiger partial charge >= 0.3 is 5.97 Å². The zero-order chi connectivity index (χ0) is 12.0. The summed E-state index contributed by atoms with van der Waals surface area (Å²) in [7, 11) is 1.74. The van der Waals surface area contributed by atoms with Crippen molar-refractivity contribution in [2.45, 2.75) is 13.0 Å². The highest BCUT2D eigenvalue weighted by Gasteiger charge is 2.06. The summed E-state index contributed by atoms with van der Waals surface area (Å²) in [6.45, 7) is 0.450. The second-order valence-electron chi connectivity index (χ2n) is 3.25. The van der Waals surface area contributed by atoms with E-state index in [1.807, 2.05) is 0 Å². The molecule has 0 amide bonds. The molecule has 0 bridgehead atoms. The third kappa shape index (κ3) is 4.16. The Labute approximate surface area is 98.5 Å². The van der Waals surface area contributed by atoms with Crippen LogP contribution in [0, 0.1) is 5.82 Å². The van der Waals surface area contributed by atoms with Crippen LogP contribution in [0.5, 0.6) is 0 Å². The van der Waals surface area contributed by atoms with Crippen molar-refractivity contribution in [1.29, 1.82) is 0 Å². The molecule has 5 heteroatoms. The van der Waals surface area contributed by atoms with Crippen LogP contribution in [0.25, 0.3) is 0 Å². The quantitative estimate of drug-likeness (QED) is 0.808. The predicted octanol–water partition coefficient (Wildman–Crippen LogP) is 2.13. The van der Waals surface area contributed by atoms with Crippen LogP contribution < -0.4 is 5.32 Å². The van der Waals surface area contributed by atoms with Gasteiger partial charge in [-0.15, -0.1) is 0 Å². The minimum absolute atomic E-state index is 0.0884. The molecule has 16 heavy (non-hydrogen) atoms. The third-order valence-corrected chi connectivity index (χ3v) is 2.21. The Morgan fingerprint density at radius 3 is 3.00 bits per heavy atom. The third-order valence-electron chi connectivity index (χ3n) is 1.98. The Morgan fingerprint density at radius 2 is 2.31 bits per heavy atom. The van der Waals surface area contributed by atoms with Gasteiger partial charge in [-0.1, -0.05) is 11.6 Å². The van der Waals surface area contributed by atoms with Gasteiger partial charge in [0.2, 0.25) is 0 Å². The number of carbonyl (C=O) groups excluding carboxylic acids is 1. The summed E-state index contributed by atoms with van der Waals surface area (Å²) in [5.74, 6) is -0.792. The first kappa shape index (κ1) is 12.9. The van der Waals surface area contributed by atoms with Crippen molar-refractivity contribution < 1.29 is 13.9 Å². The molecule has 0 aliphatic carbocycles. The van der Waals surface area contributed by atoms with Gasteiger partial charge in [-0.3, -0.25) is 4.79 Å². The van der Waals surface area contributed by atoms with E-state index in [4.69, 9.17) is 16.3 Å². The van der Waals surface area contributed by atoms with Gasteiger partial charge in [-0.2, -0.15) is 0 Å². The molecule has 0 aromatic heterocycles. The molecule has 88 valence electrons. The smallest absolute Gasteiger partial charge is 0.307 e. The highest BCUT2D eigenvalue weighted by molar-refractivity contribution is 6.30. The Hall–Kier alpha value is -1.13. The standard InChI is InChI=1S/C11H13ClFNO2/c1-14-5-4-11(15)16-7-8-6-9(12)2-3-10(8)13/h2-3,6,14H,4-5,7H2,1H3. The number of rotatable bonds is 5. The topological polar surface area (TPSA) is 38.3 Å². The SMILES string of the molecule is CNCCC(=O)OCc1cc(Cl)ccc1F. The molecule has 1 aromatic rings. The summed E-state index contributed by atoms with van der Waals surface area (Å²) in [5.41, 5.74) is 0.283. The van der Waals surface area contributed by atoms with Crippen LogP contribution in [-0.2, 0) is 16.1 Å². The normalized spacial score (nSPS) is 10.2. The fraction of sp³-hybridized carbons (Fsp3) is 0.364. The Kier molecular flexibility index (Phi) is 5.22. The van der Waals surface area contributed by atoms with Gasteiger partial charge in [0, 0.05) is 17.1 Å². The molecular formula is C11H13ClFNO2. The lowest BCUT2D eigenvalue weighted by Crippen LogP contribution is -2.15. The molecule has 0 radical (unpaired) electrons. The van der Waals surface area contributed by atoms with Crippen LogP contribution >= 0.6 is 11.6 Å². The van der Waals surface area contributed by atoms with E-state index in [9.17, 15) is 9.18 Å². The van der Waals surface area contributed by atoms with Gasteiger partial charge in [0.25, 0.3) is 0 Å². The molecule has 1 N–H and O–H groups in total. The van der Waals surface area contributed by atoms with Crippen molar-refractivity contribution in [3.63, 3.8) is 0 Å². The average molecular weight is 246 g/mol. The van der Waals surface area contributed by atoms with Gasteiger partial charge in [0.15, 0.2) is 0 Å². The summed E-state index contributed by atoms with van der Waals surface area (Å²) in [6, 6.07) is 4.14. The molecule has 0 fully saturated rings. The lowest BCUT2D eigenvalue weighted by molar-refractivity contribution is -0.144. The zero-order valence-electron chi connectivity index (χ0n) is 8.93. The van der Waals surface area contributed by atoms with Gasteiger partial charge in [0.1, 0.15) is 12.4 Å². The molecule has 0 aliphatic heterocycles. The van der Waals surface area contributed by atoms with Crippen molar-refractivity contribution in [3.8, 4) is 0 Å². The number of ether oxygens (including phenoxy) is 1. The monoisotopic (exact) mass is 245 g/mol. The summed E-state index contributed by atoms with van der Waals surface area (Å²) in [5, 5.41) is 3.24. The average Bonchev–Trinajstić information content (AvgIpc) is 2.27. The highest BCUT2D eigenvalue weighted by Crippen LogP contribution is 2.15. The molecule has 0 saturated heterocycles. The van der Waals surface area contributed by atoms with E-state index in [0.29, 0.717) is 11.6 Å². The molecule has 0 saturated carbocycles. The molecule has 0 heterocycles. The molecule has 3 nitrogen and oxygen atoms in total. The fourth-order valence-electron chi connectivity index (χ4n) is 1.11. The van der Waals surface area contributed by atoms with E-state index in [1.54, 1.807) is 7.05 Å². The first-order valence-electron chi connectivity index (χ1n) is 4.87. The predicted molar refractivity (Wildman–Crippen MR) is 59.7 cm³/mol. The van der Waals surface area contributed by atoms with Gasteiger partial charge in [-0.25, -0.2) is 4.39 Å². The van der Waals surface area contributed by atoms with Crippen LogP contribution in [-0.4, -0.2) is 19.6 Å². The van der Waals surface area contributed by atoms with Crippen LogP contribution in [0.2, 0.25) is 5.02 Å². The van der Waals surface area contributed by atoms with E-state index < -0.39 is 5.82 Å². The van der Waals surface area contributed by atoms with E-state index in [1.165, 1.54) is 18.2 Å². The maximum Gasteiger partial charge on any atom is 0.307 e. The van der Waals surface area contributed by atoms with E-state index in [2.05, 4.69) is 5.32 Å². The largest absolute Gasteiger partial charge is 0.461 e. The van der Waals surface area contributed by atoms with Crippen molar-refractivity contribution in [3.05, 3.63) is 34.6 Å². The number of esters is 1. The molecule has 0 spiro atoms. The lowest BCUT2D eigenvalue weighted by atomic mass is 10.2. The number of hydrogen-bond donors (Lipinski definition) is 1. The Balaban J connectivity index is 2.47. The number of halogens is 2. The van der Waals surface area contributed by atoms with Crippen molar-refractivity contribution in [2.75, 3.05) is 13.6 Å². The Bertz CT molecular complexity index is 371. The first-order valence-corrected chi connectivity index (χ1v) is 5.25. The first-order chi connectivity index (χ1) is 7.63. The maximum atomic E-state index is 13.2. The van der Waals surface area contributed by atoms with Crippen LogP contribution in [0.4, 0.5) is 4.39 Å². The summed E-state index contributed by atoms with van der Waals surface area (Å²) in [4.78, 5) is 11.2. The van der Waals surface area contributed by atoms with Crippen LogP contribution in [0.15, 0.2) is 18.2 Å². The summed E-state index contributed by atoms with van der Waals surface area (Å²) < 4.78 is 18.1. The van der Waals surface area contributed by atoms with Gasteiger partial charge in [-0.05, 0) is 25.2 Å². The second kappa shape index (κ2) is 6.45. The van der Waals surface area contributed by atoms with Crippen molar-refractivity contribution >= 4 is 17.6 Å². The maximum absolute atomic E-state index is 13.2. The zero-order valence-corrected chi connectivity index (χ0v) is 9.68. The highest BCUT2D eigenvalue weighted by atomic mass is 35.5. The number of hydrogen-bond acceptors (Lipinski definition) is 3. The number of nitrogens with one attached hydrogen (secondary N) is 1. The molecule has 0 unspecified atom stereocenters. The van der Waals surface area contributed by atoms with E-state index in [-0.39, 0.29) is 24.6 Å². The van der Waals surface area contributed by atoms with Crippen molar-refractivity contribution in [2.24, 2.45) is 0 Å². The summed E-state index contributed by atoms with van der Waals surface area (Å²) >= 11 is 5.70. The molecular weight excluding hydrogens is 233 g/mol. The molecule has 0 atom stereocenters. The van der Waals surface area contributed by atoms with Gasteiger partial charge < -0.3 is 10.1 Å². The minimum Gasteiger partial charge on any atom is -0.461 e. The summed E-state index contributed by atoms with van der Waals surface area (Å²) in [6.07, 6.45) is 0.263. The molecule has 0 aliphatic rings. The Morgan fingerprint density at radius 1 is 1.56 bits per heavy atom. The fourth-order valence-corrected chi connectivity index (χ4v) is 1.31. The lowest BCUT2D eigenvalue weighted by Gasteiger charge is -2.06. The van der Waals surface area contributed by atoms with Gasteiger partial charge in [0.05, 0.1) is 6.42 Å². The number of carbonyl (C=O) groups is 1. The molecule has 1 aromatic carbocycles. The van der Waals surface area contributed by atoms with Crippen LogP contribution in [0.3, 0.4) is 0 Å². The van der Waals surface area contributed by atoms with E-state index in [0.717, 1.165) is 0 Å².